The van der Waals surface area contributed by atoms with Gasteiger partial charge in [0.15, 0.2) is 11.6 Å². The van der Waals surface area contributed by atoms with E-state index in [1.165, 1.54) is 24.0 Å². The van der Waals surface area contributed by atoms with Crippen molar-refractivity contribution in [2.75, 3.05) is 16.8 Å². The molecule has 0 saturated carbocycles. The molecular formula is C17H14Cl2F2N2O2. The highest BCUT2D eigenvalue weighted by Gasteiger charge is 2.17. The Hall–Kier alpha value is -2.18. The molecule has 0 fully saturated rings. The lowest BCUT2D eigenvalue weighted by Crippen LogP contribution is -2.32. The summed E-state index contributed by atoms with van der Waals surface area (Å²) in [5.74, 6) is -2.82. The molecule has 4 nitrogen and oxygen atoms in total. The van der Waals surface area contributed by atoms with Crippen molar-refractivity contribution in [2.24, 2.45) is 0 Å². The molecule has 0 spiro atoms. The van der Waals surface area contributed by atoms with Crippen molar-refractivity contribution in [3.05, 3.63) is 58.1 Å². The standard InChI is InChI=1S/C17H14Cl2F2N2O2/c1-10(24)23(16-5-2-11(18)8-13(16)19)7-6-17(25)22-12-3-4-14(20)15(21)9-12/h2-5,8-9H,6-7H2,1H3,(H,22,25). The van der Waals surface area contributed by atoms with Gasteiger partial charge in [0.05, 0.1) is 10.7 Å². The smallest absolute Gasteiger partial charge is 0.226 e. The van der Waals surface area contributed by atoms with Crippen LogP contribution in [-0.4, -0.2) is 18.4 Å². The van der Waals surface area contributed by atoms with Crippen molar-refractivity contribution in [3.63, 3.8) is 0 Å². The second-order valence-corrected chi connectivity index (χ2v) is 6.04. The predicted molar refractivity (Wildman–Crippen MR) is 94.1 cm³/mol. The summed E-state index contributed by atoms with van der Waals surface area (Å²) in [7, 11) is 0. The average Bonchev–Trinajstić information content (AvgIpc) is 2.52. The zero-order chi connectivity index (χ0) is 18.6. The van der Waals surface area contributed by atoms with Crippen LogP contribution in [0.3, 0.4) is 0 Å². The van der Waals surface area contributed by atoms with Crippen LogP contribution >= 0.6 is 23.2 Å². The maximum atomic E-state index is 13.1. The predicted octanol–water partition coefficient (Wildman–Crippen LogP) is 4.65. The number of amides is 2. The second-order valence-electron chi connectivity index (χ2n) is 5.19. The number of benzene rings is 2. The topological polar surface area (TPSA) is 49.4 Å². The van der Waals surface area contributed by atoms with E-state index in [0.717, 1.165) is 12.1 Å². The molecule has 25 heavy (non-hydrogen) atoms. The summed E-state index contributed by atoms with van der Waals surface area (Å²) in [5, 5.41) is 3.15. The van der Waals surface area contributed by atoms with Crippen LogP contribution in [0.5, 0.6) is 0 Å². The molecular weight excluding hydrogens is 373 g/mol. The number of anilines is 2. The number of nitrogens with one attached hydrogen (secondary N) is 1. The lowest BCUT2D eigenvalue weighted by Gasteiger charge is -2.22. The first-order chi connectivity index (χ1) is 11.8. The van der Waals surface area contributed by atoms with Crippen molar-refractivity contribution >= 4 is 46.4 Å². The van der Waals surface area contributed by atoms with Gasteiger partial charge in [0.25, 0.3) is 0 Å². The summed E-state index contributed by atoms with van der Waals surface area (Å²) in [5.41, 5.74) is 0.557. The van der Waals surface area contributed by atoms with E-state index in [9.17, 15) is 18.4 Å². The Bertz CT molecular complexity index is 815. The Kier molecular flexibility index (Phi) is 6.33. The summed E-state index contributed by atoms with van der Waals surface area (Å²) in [6.45, 7) is 1.41. The minimum absolute atomic E-state index is 0.0580. The molecule has 2 rings (SSSR count). The van der Waals surface area contributed by atoms with E-state index in [0.29, 0.717) is 10.7 Å². The van der Waals surface area contributed by atoms with Gasteiger partial charge in [-0.05, 0) is 30.3 Å². The van der Waals surface area contributed by atoms with E-state index in [1.807, 2.05) is 0 Å². The summed E-state index contributed by atoms with van der Waals surface area (Å²) >= 11 is 11.9. The summed E-state index contributed by atoms with van der Waals surface area (Å²) < 4.78 is 26.0. The third kappa shape index (κ3) is 5.14. The minimum Gasteiger partial charge on any atom is -0.326 e. The van der Waals surface area contributed by atoms with Crippen LogP contribution in [0, 0.1) is 11.6 Å². The fourth-order valence-corrected chi connectivity index (χ4v) is 2.67. The average molecular weight is 387 g/mol. The molecule has 0 radical (unpaired) electrons. The molecule has 0 aliphatic carbocycles. The van der Waals surface area contributed by atoms with Crippen molar-refractivity contribution in [1.82, 2.24) is 0 Å². The normalized spacial score (nSPS) is 10.4. The first-order valence-electron chi connectivity index (χ1n) is 7.26. The maximum absolute atomic E-state index is 13.1. The first kappa shape index (κ1) is 19.1. The summed E-state index contributed by atoms with van der Waals surface area (Å²) in [6, 6.07) is 7.70. The van der Waals surface area contributed by atoms with Gasteiger partial charge >= 0.3 is 0 Å². The molecule has 132 valence electrons. The number of nitrogens with zero attached hydrogens (tertiary/aromatic N) is 1. The van der Waals surface area contributed by atoms with Gasteiger partial charge in [-0.2, -0.15) is 0 Å². The molecule has 0 heterocycles. The van der Waals surface area contributed by atoms with E-state index in [2.05, 4.69) is 5.32 Å². The quantitative estimate of drug-likeness (QED) is 0.812. The Labute approximate surface area is 153 Å². The van der Waals surface area contributed by atoms with Gasteiger partial charge < -0.3 is 10.2 Å². The van der Waals surface area contributed by atoms with Crippen LogP contribution in [0.4, 0.5) is 20.2 Å². The number of hydrogen-bond donors (Lipinski definition) is 1. The van der Waals surface area contributed by atoms with Crippen molar-refractivity contribution in [3.8, 4) is 0 Å². The van der Waals surface area contributed by atoms with Gasteiger partial charge in [0.1, 0.15) is 0 Å². The van der Waals surface area contributed by atoms with E-state index in [-0.39, 0.29) is 29.6 Å². The highest BCUT2D eigenvalue weighted by Crippen LogP contribution is 2.29. The molecule has 8 heteroatoms. The number of halogens is 4. The monoisotopic (exact) mass is 386 g/mol. The van der Waals surface area contributed by atoms with E-state index in [1.54, 1.807) is 12.1 Å². The SMILES string of the molecule is CC(=O)N(CCC(=O)Nc1ccc(F)c(F)c1)c1ccc(Cl)cc1Cl. The molecule has 0 atom stereocenters. The Morgan fingerprint density at radius 3 is 2.40 bits per heavy atom. The number of rotatable bonds is 5. The van der Waals surface area contributed by atoms with Gasteiger partial charge in [0.2, 0.25) is 11.8 Å². The van der Waals surface area contributed by atoms with Crippen molar-refractivity contribution < 1.29 is 18.4 Å². The van der Waals surface area contributed by atoms with E-state index < -0.39 is 17.5 Å². The largest absolute Gasteiger partial charge is 0.326 e. The molecule has 2 aromatic carbocycles. The molecule has 0 bridgehead atoms. The molecule has 0 saturated heterocycles. The molecule has 2 amide bonds. The van der Waals surface area contributed by atoms with Crippen LogP contribution in [0.25, 0.3) is 0 Å². The Morgan fingerprint density at radius 2 is 1.80 bits per heavy atom. The maximum Gasteiger partial charge on any atom is 0.226 e. The summed E-state index contributed by atoms with van der Waals surface area (Å²) in [6.07, 6.45) is -0.0580. The lowest BCUT2D eigenvalue weighted by atomic mass is 10.2. The fraction of sp³-hybridized carbons (Fsp3) is 0.176. The first-order valence-corrected chi connectivity index (χ1v) is 8.01. The summed E-state index contributed by atoms with van der Waals surface area (Å²) in [4.78, 5) is 25.2. The number of carbonyl (C=O) groups excluding carboxylic acids is 2. The highest BCUT2D eigenvalue weighted by atomic mass is 35.5. The second kappa shape index (κ2) is 8.27. The molecule has 1 N–H and O–H groups in total. The van der Waals surface area contributed by atoms with Gasteiger partial charge in [-0.3, -0.25) is 9.59 Å². The highest BCUT2D eigenvalue weighted by molar-refractivity contribution is 6.36. The zero-order valence-corrected chi connectivity index (χ0v) is 14.7. The molecule has 0 aliphatic heterocycles. The lowest BCUT2D eigenvalue weighted by molar-refractivity contribution is -0.117. The minimum atomic E-state index is -1.06. The third-order valence-corrected chi connectivity index (χ3v) is 3.88. The van der Waals surface area contributed by atoms with Crippen LogP contribution in [0.15, 0.2) is 36.4 Å². The van der Waals surface area contributed by atoms with Gasteiger partial charge in [0, 0.05) is 36.7 Å². The van der Waals surface area contributed by atoms with E-state index in [4.69, 9.17) is 23.2 Å². The fourth-order valence-electron chi connectivity index (χ4n) is 2.16. The zero-order valence-electron chi connectivity index (χ0n) is 13.2. The van der Waals surface area contributed by atoms with Crippen molar-refractivity contribution in [1.29, 1.82) is 0 Å². The number of hydrogen-bond acceptors (Lipinski definition) is 2. The van der Waals surface area contributed by atoms with Crippen molar-refractivity contribution in [2.45, 2.75) is 13.3 Å². The van der Waals surface area contributed by atoms with Gasteiger partial charge in [-0.25, -0.2) is 8.78 Å². The van der Waals surface area contributed by atoms with E-state index >= 15 is 0 Å². The molecule has 0 aliphatic rings. The molecule has 0 unspecified atom stereocenters. The van der Waals surface area contributed by atoms with Gasteiger partial charge in [-0.15, -0.1) is 0 Å². The Balaban J connectivity index is 2.04. The van der Waals surface area contributed by atoms with Crippen LogP contribution < -0.4 is 10.2 Å². The van der Waals surface area contributed by atoms with Crippen LogP contribution in [-0.2, 0) is 9.59 Å². The molecule has 0 aromatic heterocycles. The Morgan fingerprint density at radius 1 is 1.08 bits per heavy atom. The number of carbonyl (C=O) groups is 2. The van der Waals surface area contributed by atoms with Gasteiger partial charge in [-0.1, -0.05) is 23.2 Å². The van der Waals surface area contributed by atoms with Crippen LogP contribution in [0.1, 0.15) is 13.3 Å². The molecule has 2 aromatic rings. The van der Waals surface area contributed by atoms with Crippen LogP contribution in [0.2, 0.25) is 10.0 Å². The third-order valence-electron chi connectivity index (χ3n) is 3.35.